The van der Waals surface area contributed by atoms with Crippen LogP contribution in [0.3, 0.4) is 0 Å². The number of hydrogen-bond acceptors (Lipinski definition) is 7. The van der Waals surface area contributed by atoms with Crippen molar-refractivity contribution < 1.29 is 23.5 Å². The lowest BCUT2D eigenvalue weighted by Crippen LogP contribution is -2.39. The van der Waals surface area contributed by atoms with Crippen molar-refractivity contribution in [3.63, 3.8) is 0 Å². The first-order valence-electron chi connectivity index (χ1n) is 11.1. The van der Waals surface area contributed by atoms with Crippen LogP contribution in [0.15, 0.2) is 40.8 Å². The standard InChI is InChI=1S/C25H24N2O5/c28-22-16-4-1-2-5-17(16)23(29)25-21(22)18-6-7-20-19(24(18)32-25)14-27(15-31-20)9-3-8-26-10-12-30-13-11-26/h1-2,4-7H,3,8-15H2. The maximum Gasteiger partial charge on any atom is 0.229 e. The summed E-state index contributed by atoms with van der Waals surface area (Å²) in [7, 11) is 0. The molecule has 3 aromatic rings. The Hall–Kier alpha value is -3.00. The molecular formula is C25H24N2O5. The summed E-state index contributed by atoms with van der Waals surface area (Å²) in [4.78, 5) is 30.9. The third-order valence-corrected chi connectivity index (χ3v) is 6.60. The molecule has 0 unspecified atom stereocenters. The largest absolute Gasteiger partial charge is 0.478 e. The van der Waals surface area contributed by atoms with E-state index in [4.69, 9.17) is 13.9 Å². The molecule has 0 amide bonds. The summed E-state index contributed by atoms with van der Waals surface area (Å²) in [6.45, 7) is 6.71. The highest BCUT2D eigenvalue weighted by atomic mass is 16.5. The minimum Gasteiger partial charge on any atom is -0.478 e. The molecule has 0 N–H and O–H groups in total. The van der Waals surface area contributed by atoms with E-state index in [1.807, 2.05) is 12.1 Å². The highest BCUT2D eigenvalue weighted by Crippen LogP contribution is 2.40. The summed E-state index contributed by atoms with van der Waals surface area (Å²) in [5.41, 5.74) is 2.69. The molecule has 0 bridgehead atoms. The first kappa shape index (κ1) is 19.7. The summed E-state index contributed by atoms with van der Waals surface area (Å²) >= 11 is 0. The fourth-order valence-corrected chi connectivity index (χ4v) is 4.92. The van der Waals surface area contributed by atoms with Gasteiger partial charge < -0.3 is 13.9 Å². The molecule has 0 atom stereocenters. The first-order valence-corrected chi connectivity index (χ1v) is 11.1. The van der Waals surface area contributed by atoms with E-state index >= 15 is 0 Å². The molecule has 2 aromatic carbocycles. The van der Waals surface area contributed by atoms with Gasteiger partial charge in [0.2, 0.25) is 5.78 Å². The molecule has 1 aromatic heterocycles. The summed E-state index contributed by atoms with van der Waals surface area (Å²) in [6.07, 6.45) is 1.04. The maximum absolute atomic E-state index is 13.2. The third-order valence-electron chi connectivity index (χ3n) is 6.60. The van der Waals surface area contributed by atoms with Crippen LogP contribution in [0.4, 0.5) is 0 Å². The molecule has 6 rings (SSSR count). The number of furan rings is 1. The predicted octanol–water partition coefficient (Wildman–Crippen LogP) is 3.08. The zero-order chi connectivity index (χ0) is 21.7. The second-order valence-electron chi connectivity index (χ2n) is 8.56. The number of ketones is 2. The molecule has 164 valence electrons. The van der Waals surface area contributed by atoms with Crippen molar-refractivity contribution in [2.24, 2.45) is 0 Å². The van der Waals surface area contributed by atoms with E-state index < -0.39 is 0 Å². The fourth-order valence-electron chi connectivity index (χ4n) is 4.92. The lowest BCUT2D eigenvalue weighted by molar-refractivity contribution is 0.0330. The van der Waals surface area contributed by atoms with Gasteiger partial charge in [-0.1, -0.05) is 24.3 Å². The molecule has 0 saturated carbocycles. The zero-order valence-electron chi connectivity index (χ0n) is 17.8. The van der Waals surface area contributed by atoms with Crippen molar-refractivity contribution >= 4 is 22.5 Å². The van der Waals surface area contributed by atoms with Gasteiger partial charge in [0.25, 0.3) is 0 Å². The summed E-state index contributed by atoms with van der Waals surface area (Å²) in [5, 5.41) is 0.686. The van der Waals surface area contributed by atoms with Crippen LogP contribution >= 0.6 is 0 Å². The smallest absolute Gasteiger partial charge is 0.229 e. The van der Waals surface area contributed by atoms with Crippen molar-refractivity contribution in [2.45, 2.75) is 13.0 Å². The van der Waals surface area contributed by atoms with E-state index in [2.05, 4.69) is 9.80 Å². The molecule has 1 fully saturated rings. The van der Waals surface area contributed by atoms with Crippen LogP contribution in [-0.2, 0) is 11.3 Å². The Morgan fingerprint density at radius 2 is 1.62 bits per heavy atom. The fraction of sp³-hybridized carbons (Fsp3) is 0.360. The number of rotatable bonds is 4. The van der Waals surface area contributed by atoms with Crippen molar-refractivity contribution in [3.8, 4) is 5.75 Å². The summed E-state index contributed by atoms with van der Waals surface area (Å²) in [6, 6.07) is 10.7. The van der Waals surface area contributed by atoms with Crippen molar-refractivity contribution in [3.05, 3.63) is 64.4 Å². The van der Waals surface area contributed by atoms with Gasteiger partial charge >= 0.3 is 0 Å². The van der Waals surface area contributed by atoms with Gasteiger partial charge in [0.05, 0.1) is 24.3 Å². The van der Waals surface area contributed by atoms with Gasteiger partial charge in [-0.15, -0.1) is 0 Å². The van der Waals surface area contributed by atoms with E-state index in [1.165, 1.54) is 0 Å². The Morgan fingerprint density at radius 3 is 2.44 bits per heavy atom. The van der Waals surface area contributed by atoms with Crippen molar-refractivity contribution in [1.29, 1.82) is 0 Å². The van der Waals surface area contributed by atoms with Gasteiger partial charge in [-0.25, -0.2) is 0 Å². The highest BCUT2D eigenvalue weighted by molar-refractivity contribution is 6.31. The Labute approximate surface area is 185 Å². The van der Waals surface area contributed by atoms with Gasteiger partial charge in [0.1, 0.15) is 18.1 Å². The third kappa shape index (κ3) is 3.16. The molecule has 7 nitrogen and oxygen atoms in total. The van der Waals surface area contributed by atoms with E-state index in [0.717, 1.165) is 57.1 Å². The quantitative estimate of drug-likeness (QED) is 0.491. The molecule has 32 heavy (non-hydrogen) atoms. The molecular weight excluding hydrogens is 408 g/mol. The SMILES string of the molecule is O=C1c2ccccc2C(=O)c2c1oc1c3c(ccc21)OCN(CCCN1CCOCC1)C3. The predicted molar refractivity (Wildman–Crippen MR) is 117 cm³/mol. The molecule has 7 heteroatoms. The van der Waals surface area contributed by atoms with Crippen LogP contribution in [-0.4, -0.2) is 67.5 Å². The Bertz CT molecular complexity index is 1220. The normalized spacial score (nSPS) is 18.9. The number of fused-ring (bicyclic) bond motifs is 6. The van der Waals surface area contributed by atoms with E-state index in [1.54, 1.807) is 24.3 Å². The Balaban J connectivity index is 1.28. The molecule has 3 heterocycles. The van der Waals surface area contributed by atoms with Gasteiger partial charge in [-0.2, -0.15) is 0 Å². The molecule has 1 aliphatic carbocycles. The van der Waals surface area contributed by atoms with E-state index in [0.29, 0.717) is 40.9 Å². The average Bonchev–Trinajstić information content (AvgIpc) is 3.24. The van der Waals surface area contributed by atoms with Crippen molar-refractivity contribution in [2.75, 3.05) is 46.1 Å². The second kappa shape index (κ2) is 7.85. The molecule has 0 radical (unpaired) electrons. The number of ether oxygens (including phenoxy) is 2. The summed E-state index contributed by atoms with van der Waals surface area (Å²) in [5.74, 6) is 0.499. The van der Waals surface area contributed by atoms with Crippen LogP contribution in [0.1, 0.15) is 44.0 Å². The minimum atomic E-state index is -0.237. The number of benzene rings is 2. The Kier molecular flexibility index (Phi) is 4.82. The van der Waals surface area contributed by atoms with Crippen LogP contribution in [0.25, 0.3) is 11.0 Å². The molecule has 0 spiro atoms. The molecule has 1 saturated heterocycles. The molecule has 2 aliphatic heterocycles. The van der Waals surface area contributed by atoms with Crippen LogP contribution in [0, 0.1) is 0 Å². The van der Waals surface area contributed by atoms with E-state index in [9.17, 15) is 9.59 Å². The summed E-state index contributed by atoms with van der Waals surface area (Å²) < 4.78 is 17.5. The second-order valence-corrected chi connectivity index (χ2v) is 8.56. The Morgan fingerprint density at radius 1 is 0.875 bits per heavy atom. The van der Waals surface area contributed by atoms with Crippen LogP contribution in [0.2, 0.25) is 0 Å². The van der Waals surface area contributed by atoms with Crippen LogP contribution in [0.5, 0.6) is 5.75 Å². The van der Waals surface area contributed by atoms with Crippen LogP contribution < -0.4 is 4.74 Å². The van der Waals surface area contributed by atoms with Crippen molar-refractivity contribution in [1.82, 2.24) is 9.80 Å². The first-order chi connectivity index (χ1) is 15.7. The lowest BCUT2D eigenvalue weighted by Gasteiger charge is -2.31. The monoisotopic (exact) mass is 432 g/mol. The number of carbonyl (C=O) groups excluding carboxylic acids is 2. The van der Waals surface area contributed by atoms with Gasteiger partial charge in [-0.05, 0) is 25.1 Å². The van der Waals surface area contributed by atoms with Gasteiger partial charge in [0.15, 0.2) is 11.5 Å². The average molecular weight is 432 g/mol. The number of carbonyl (C=O) groups is 2. The number of hydrogen-bond donors (Lipinski definition) is 0. The zero-order valence-corrected chi connectivity index (χ0v) is 17.8. The highest BCUT2D eigenvalue weighted by Gasteiger charge is 2.36. The number of morpholine rings is 1. The minimum absolute atomic E-state index is 0.140. The maximum atomic E-state index is 13.2. The van der Waals surface area contributed by atoms with E-state index in [-0.39, 0.29) is 17.3 Å². The topological polar surface area (TPSA) is 72.2 Å². The molecule has 3 aliphatic rings. The van der Waals surface area contributed by atoms with Gasteiger partial charge in [0, 0.05) is 42.7 Å². The lowest BCUT2D eigenvalue weighted by atomic mass is 9.87. The number of nitrogens with zero attached hydrogens (tertiary/aromatic N) is 2. The van der Waals surface area contributed by atoms with Gasteiger partial charge in [-0.3, -0.25) is 19.4 Å².